The molecule has 0 aliphatic heterocycles. The Morgan fingerprint density at radius 2 is 2.35 bits per heavy atom. The van der Waals surface area contributed by atoms with Gasteiger partial charge < -0.3 is 4.74 Å². The first-order valence-electron chi connectivity index (χ1n) is 6.42. The summed E-state index contributed by atoms with van der Waals surface area (Å²) in [5.74, 6) is 1.59. The Bertz CT molecular complexity index is 651. The summed E-state index contributed by atoms with van der Waals surface area (Å²) in [4.78, 5) is 11.6. The molecule has 2 aromatic rings. The molecular formula is C13H14BrN3O2S. The molecule has 1 heterocycles. The normalized spacial score (nSPS) is 14.4. The number of ether oxygens (including phenoxy) is 1. The molecule has 20 heavy (non-hydrogen) atoms. The summed E-state index contributed by atoms with van der Waals surface area (Å²) in [6.07, 6.45) is 2.14. The lowest BCUT2D eigenvalue weighted by molar-refractivity contribution is 0.343. The molecule has 1 aromatic heterocycles. The number of aromatic amines is 1. The number of thioether (sulfide) groups is 1. The molecule has 0 radical (unpaired) electrons. The van der Waals surface area contributed by atoms with Crippen LogP contribution in [-0.4, -0.2) is 27.1 Å². The maximum absolute atomic E-state index is 11.6. The lowest BCUT2D eigenvalue weighted by Gasteiger charge is -2.06. The predicted octanol–water partition coefficient (Wildman–Crippen LogP) is 2.84. The Morgan fingerprint density at radius 1 is 1.50 bits per heavy atom. The van der Waals surface area contributed by atoms with Crippen molar-refractivity contribution in [2.24, 2.45) is 0 Å². The van der Waals surface area contributed by atoms with Crippen LogP contribution in [-0.2, 0) is 0 Å². The molecule has 1 aliphatic rings. The quantitative estimate of drug-likeness (QED) is 0.639. The number of nitrogens with one attached hydrogen (secondary N) is 1. The van der Waals surface area contributed by atoms with Gasteiger partial charge in [0.25, 0.3) is 0 Å². The number of rotatable bonds is 6. The van der Waals surface area contributed by atoms with E-state index in [1.54, 1.807) is 16.3 Å². The van der Waals surface area contributed by atoms with Crippen LogP contribution in [0.5, 0.6) is 5.75 Å². The third-order valence-electron chi connectivity index (χ3n) is 2.96. The van der Waals surface area contributed by atoms with Gasteiger partial charge in [-0.15, -0.1) is 5.10 Å². The molecule has 0 spiro atoms. The summed E-state index contributed by atoms with van der Waals surface area (Å²) in [6.45, 7) is 0.576. The molecule has 0 unspecified atom stereocenters. The largest absolute Gasteiger partial charge is 0.493 e. The van der Waals surface area contributed by atoms with Crippen LogP contribution in [0, 0.1) is 0 Å². The summed E-state index contributed by atoms with van der Waals surface area (Å²) in [7, 11) is 0. The fourth-order valence-corrected chi connectivity index (χ4v) is 3.10. The second kappa shape index (κ2) is 6.05. The van der Waals surface area contributed by atoms with E-state index >= 15 is 0 Å². The summed E-state index contributed by atoms with van der Waals surface area (Å²) >= 11 is 4.95. The zero-order chi connectivity index (χ0) is 13.9. The highest BCUT2D eigenvalue weighted by atomic mass is 79.9. The van der Waals surface area contributed by atoms with Gasteiger partial charge in [0.1, 0.15) is 5.75 Å². The lowest BCUT2D eigenvalue weighted by atomic mass is 10.3. The number of halogens is 1. The van der Waals surface area contributed by atoms with E-state index in [1.807, 2.05) is 24.3 Å². The van der Waals surface area contributed by atoms with Gasteiger partial charge in [-0.25, -0.2) is 9.89 Å². The average Bonchev–Trinajstić information content (AvgIpc) is 3.19. The standard InChI is InChI=1S/C13H14BrN3O2S/c14-9-2-1-3-11(8-9)19-6-7-20-13-16-15-12(18)17(13)10-4-5-10/h1-3,8,10H,4-7H2,(H,15,18). The zero-order valence-electron chi connectivity index (χ0n) is 10.7. The van der Waals surface area contributed by atoms with Crippen LogP contribution in [0.1, 0.15) is 18.9 Å². The van der Waals surface area contributed by atoms with Gasteiger partial charge >= 0.3 is 5.69 Å². The minimum Gasteiger partial charge on any atom is -0.493 e. The van der Waals surface area contributed by atoms with Gasteiger partial charge in [-0.2, -0.15) is 0 Å². The Labute approximate surface area is 128 Å². The topological polar surface area (TPSA) is 59.9 Å². The van der Waals surface area contributed by atoms with E-state index in [9.17, 15) is 4.79 Å². The van der Waals surface area contributed by atoms with Crippen molar-refractivity contribution in [3.05, 3.63) is 39.2 Å². The Balaban J connectivity index is 1.52. The number of hydrogen-bond acceptors (Lipinski definition) is 4. The van der Waals surface area contributed by atoms with Crippen molar-refractivity contribution in [2.45, 2.75) is 24.0 Å². The molecule has 0 bridgehead atoms. The van der Waals surface area contributed by atoms with E-state index in [0.29, 0.717) is 12.6 Å². The molecule has 0 amide bonds. The van der Waals surface area contributed by atoms with E-state index in [2.05, 4.69) is 26.1 Å². The molecule has 1 saturated carbocycles. The highest BCUT2D eigenvalue weighted by molar-refractivity contribution is 9.10. The molecule has 0 saturated heterocycles. The third-order valence-corrected chi connectivity index (χ3v) is 4.37. The third kappa shape index (κ3) is 3.27. The monoisotopic (exact) mass is 355 g/mol. The second-order valence-corrected chi connectivity index (χ2v) is 6.54. The maximum Gasteiger partial charge on any atom is 0.344 e. The van der Waals surface area contributed by atoms with Gasteiger partial charge in [0.15, 0.2) is 5.16 Å². The molecule has 1 aliphatic carbocycles. The van der Waals surface area contributed by atoms with E-state index < -0.39 is 0 Å². The fourth-order valence-electron chi connectivity index (χ4n) is 1.90. The van der Waals surface area contributed by atoms with Crippen molar-refractivity contribution < 1.29 is 4.74 Å². The average molecular weight is 356 g/mol. The van der Waals surface area contributed by atoms with Crippen LogP contribution in [0.25, 0.3) is 0 Å². The fraction of sp³-hybridized carbons (Fsp3) is 0.385. The van der Waals surface area contributed by atoms with Crippen LogP contribution in [0.4, 0.5) is 0 Å². The molecule has 1 N–H and O–H groups in total. The number of H-pyrrole nitrogens is 1. The van der Waals surface area contributed by atoms with Gasteiger partial charge in [0.05, 0.1) is 6.61 Å². The van der Waals surface area contributed by atoms with Crippen LogP contribution >= 0.6 is 27.7 Å². The van der Waals surface area contributed by atoms with Crippen LogP contribution in [0.2, 0.25) is 0 Å². The van der Waals surface area contributed by atoms with E-state index in [1.165, 1.54) is 0 Å². The first kappa shape index (κ1) is 13.8. The van der Waals surface area contributed by atoms with Crippen molar-refractivity contribution in [2.75, 3.05) is 12.4 Å². The highest BCUT2D eigenvalue weighted by Gasteiger charge is 2.28. The number of nitrogens with zero attached hydrogens (tertiary/aromatic N) is 2. The van der Waals surface area contributed by atoms with Crippen molar-refractivity contribution in [3.8, 4) is 5.75 Å². The Morgan fingerprint density at radius 3 is 3.10 bits per heavy atom. The SMILES string of the molecule is O=c1[nH]nc(SCCOc2cccc(Br)c2)n1C1CC1. The summed E-state index contributed by atoms with van der Waals surface area (Å²) < 4.78 is 8.41. The van der Waals surface area contributed by atoms with Gasteiger partial charge in [-0.05, 0) is 31.0 Å². The van der Waals surface area contributed by atoms with Gasteiger partial charge in [0.2, 0.25) is 0 Å². The Kier molecular flexibility index (Phi) is 4.16. The van der Waals surface area contributed by atoms with Crippen LogP contribution < -0.4 is 10.4 Å². The maximum atomic E-state index is 11.6. The van der Waals surface area contributed by atoms with Crippen molar-refractivity contribution in [3.63, 3.8) is 0 Å². The van der Waals surface area contributed by atoms with Crippen LogP contribution in [0.3, 0.4) is 0 Å². The van der Waals surface area contributed by atoms with Crippen LogP contribution in [0.15, 0.2) is 38.7 Å². The van der Waals surface area contributed by atoms with E-state index in [-0.39, 0.29) is 5.69 Å². The minimum atomic E-state index is -0.108. The molecule has 1 fully saturated rings. The first-order chi connectivity index (χ1) is 9.74. The summed E-state index contributed by atoms with van der Waals surface area (Å²) in [5.41, 5.74) is -0.108. The summed E-state index contributed by atoms with van der Waals surface area (Å²) in [5, 5.41) is 7.33. The number of aromatic nitrogens is 3. The molecule has 0 atom stereocenters. The van der Waals surface area contributed by atoms with Gasteiger partial charge in [0, 0.05) is 16.3 Å². The molecule has 5 nitrogen and oxygen atoms in total. The number of hydrogen-bond donors (Lipinski definition) is 1. The highest BCUT2D eigenvalue weighted by Crippen LogP contribution is 2.35. The molecule has 1 aromatic carbocycles. The molecular weight excluding hydrogens is 342 g/mol. The van der Waals surface area contributed by atoms with Gasteiger partial charge in [-0.3, -0.25) is 4.57 Å². The summed E-state index contributed by atoms with van der Waals surface area (Å²) in [6, 6.07) is 8.09. The van der Waals surface area contributed by atoms with Gasteiger partial charge in [-0.1, -0.05) is 33.8 Å². The van der Waals surface area contributed by atoms with Crippen molar-refractivity contribution >= 4 is 27.7 Å². The lowest BCUT2D eigenvalue weighted by Crippen LogP contribution is -2.16. The molecule has 7 heteroatoms. The van der Waals surface area contributed by atoms with E-state index in [0.717, 1.165) is 34.0 Å². The second-order valence-electron chi connectivity index (χ2n) is 4.57. The minimum absolute atomic E-state index is 0.108. The van der Waals surface area contributed by atoms with Crippen molar-refractivity contribution in [1.82, 2.24) is 14.8 Å². The molecule has 106 valence electrons. The number of benzene rings is 1. The predicted molar refractivity (Wildman–Crippen MR) is 81.5 cm³/mol. The zero-order valence-corrected chi connectivity index (χ0v) is 13.1. The first-order valence-corrected chi connectivity index (χ1v) is 8.20. The molecule has 3 rings (SSSR count). The van der Waals surface area contributed by atoms with Crippen molar-refractivity contribution in [1.29, 1.82) is 0 Å². The smallest absolute Gasteiger partial charge is 0.344 e. The van der Waals surface area contributed by atoms with E-state index in [4.69, 9.17) is 4.74 Å². The Hall–Kier alpha value is -1.21.